The predicted molar refractivity (Wildman–Crippen MR) is 184 cm³/mol. The van der Waals surface area contributed by atoms with Crippen molar-refractivity contribution in [2.24, 2.45) is 5.92 Å². The van der Waals surface area contributed by atoms with Gasteiger partial charge in [-0.3, -0.25) is 9.36 Å². The molecule has 9 nitrogen and oxygen atoms in total. The van der Waals surface area contributed by atoms with Crippen LogP contribution in [-0.4, -0.2) is 51.2 Å². The second-order valence-electron chi connectivity index (χ2n) is 13.0. The molecule has 48 heavy (non-hydrogen) atoms. The van der Waals surface area contributed by atoms with E-state index in [4.69, 9.17) is 9.47 Å². The molecule has 0 unspecified atom stereocenters. The zero-order valence-corrected chi connectivity index (χ0v) is 27.1. The van der Waals surface area contributed by atoms with E-state index < -0.39 is 6.29 Å². The Morgan fingerprint density at radius 2 is 1.52 bits per heavy atom. The molecule has 9 heteroatoms. The maximum atomic E-state index is 12.8. The number of aromatic nitrogens is 2. The fourth-order valence-electron chi connectivity index (χ4n) is 7.05. The minimum absolute atomic E-state index is 0.00546. The lowest BCUT2D eigenvalue weighted by molar-refractivity contribution is -0.276. The van der Waals surface area contributed by atoms with Gasteiger partial charge in [0.05, 0.1) is 29.8 Å². The Hall–Kier alpha value is -4.54. The third-order valence-corrected chi connectivity index (χ3v) is 9.85. The summed E-state index contributed by atoms with van der Waals surface area (Å²) in [5, 5.41) is 12.6. The van der Waals surface area contributed by atoms with Crippen LogP contribution in [0.1, 0.15) is 70.8 Å². The number of rotatable bonds is 9. The molecular weight excluding hydrogens is 604 g/mol. The smallest absolute Gasteiger partial charge is 0.326 e. The molecule has 248 valence electrons. The van der Waals surface area contributed by atoms with Crippen LogP contribution in [0.25, 0.3) is 11.0 Å². The first-order valence-corrected chi connectivity index (χ1v) is 16.8. The van der Waals surface area contributed by atoms with Crippen LogP contribution in [0.5, 0.6) is 0 Å². The van der Waals surface area contributed by atoms with Crippen LogP contribution in [-0.2, 0) is 22.6 Å². The highest BCUT2D eigenvalue weighted by Crippen LogP contribution is 2.42. The summed E-state index contributed by atoms with van der Waals surface area (Å²) in [6, 6.07) is 33.2. The van der Waals surface area contributed by atoms with Crippen LogP contribution >= 0.6 is 0 Å². The van der Waals surface area contributed by atoms with Crippen LogP contribution in [0.4, 0.5) is 0 Å². The number of aromatic amines is 1. The van der Waals surface area contributed by atoms with E-state index in [0.29, 0.717) is 12.1 Å². The van der Waals surface area contributed by atoms with Gasteiger partial charge in [0.25, 0.3) is 5.91 Å². The Kier molecular flexibility index (Phi) is 9.54. The molecule has 0 saturated carbocycles. The number of hydrogen-bond donors (Lipinski definition) is 3. The highest BCUT2D eigenvalue weighted by Gasteiger charge is 2.39. The lowest BCUT2D eigenvalue weighted by atomic mass is 9.89. The summed E-state index contributed by atoms with van der Waals surface area (Å²) in [4.78, 5) is 30.8. The zero-order valence-electron chi connectivity index (χ0n) is 27.1. The summed E-state index contributed by atoms with van der Waals surface area (Å²) in [6.07, 6.45) is 0.912. The van der Waals surface area contributed by atoms with Crippen molar-refractivity contribution in [3.05, 3.63) is 141 Å². The molecule has 4 atom stereocenters. The topological polar surface area (TPSA) is 109 Å². The monoisotopic (exact) mass is 646 g/mol. The van der Waals surface area contributed by atoms with Gasteiger partial charge in [0.1, 0.15) is 0 Å². The summed E-state index contributed by atoms with van der Waals surface area (Å²) in [5.41, 5.74) is 6.24. The lowest BCUT2D eigenvalue weighted by Gasteiger charge is -2.44. The number of imidazole rings is 1. The minimum Gasteiger partial charge on any atom is -0.392 e. The first kappa shape index (κ1) is 32.0. The van der Waals surface area contributed by atoms with Gasteiger partial charge in [0, 0.05) is 49.3 Å². The minimum atomic E-state index is -0.566. The number of piperidine rings is 1. The molecule has 0 aliphatic carbocycles. The Labute approximate surface area is 280 Å². The first-order valence-electron chi connectivity index (χ1n) is 16.8. The molecular formula is C39H42N4O5. The molecule has 3 heterocycles. The van der Waals surface area contributed by atoms with Crippen molar-refractivity contribution in [2.45, 2.75) is 57.5 Å². The Bertz CT molecular complexity index is 1880. The molecule has 2 aliphatic heterocycles. The van der Waals surface area contributed by atoms with Crippen molar-refractivity contribution in [2.75, 3.05) is 19.6 Å². The summed E-state index contributed by atoms with van der Waals surface area (Å²) in [6.45, 7) is 5.09. The first-order chi connectivity index (χ1) is 23.5. The highest BCUT2D eigenvalue weighted by atomic mass is 16.7. The van der Waals surface area contributed by atoms with E-state index in [2.05, 4.69) is 22.1 Å². The third-order valence-electron chi connectivity index (χ3n) is 9.85. The molecule has 4 aromatic carbocycles. The largest absolute Gasteiger partial charge is 0.392 e. The fourth-order valence-corrected chi connectivity index (χ4v) is 7.05. The number of aliphatic hydroxyl groups is 1. The molecule has 2 fully saturated rings. The number of para-hydroxylation sites is 2. The van der Waals surface area contributed by atoms with Crippen molar-refractivity contribution >= 4 is 16.9 Å². The number of nitrogens with one attached hydrogen (secondary N) is 2. The van der Waals surface area contributed by atoms with Crippen LogP contribution in [0.3, 0.4) is 0 Å². The van der Waals surface area contributed by atoms with Gasteiger partial charge < -0.3 is 29.8 Å². The van der Waals surface area contributed by atoms with Gasteiger partial charge in [-0.2, -0.15) is 0 Å². The van der Waals surface area contributed by atoms with E-state index in [1.807, 2.05) is 95.6 Å². The maximum absolute atomic E-state index is 12.8. The van der Waals surface area contributed by atoms with Crippen LogP contribution in [0, 0.1) is 5.92 Å². The zero-order chi connectivity index (χ0) is 33.0. The van der Waals surface area contributed by atoms with E-state index in [0.717, 1.165) is 65.8 Å². The average Bonchev–Trinajstić information content (AvgIpc) is 3.48. The van der Waals surface area contributed by atoms with Gasteiger partial charge in [0.2, 0.25) is 0 Å². The van der Waals surface area contributed by atoms with Gasteiger partial charge in [-0.05, 0) is 53.8 Å². The quantitative estimate of drug-likeness (QED) is 0.185. The number of aliphatic hydroxyl groups excluding tert-OH is 1. The van der Waals surface area contributed by atoms with Crippen molar-refractivity contribution in [3.63, 3.8) is 0 Å². The van der Waals surface area contributed by atoms with E-state index in [9.17, 15) is 14.7 Å². The van der Waals surface area contributed by atoms with E-state index >= 15 is 0 Å². The van der Waals surface area contributed by atoms with Gasteiger partial charge in [-0.25, -0.2) is 4.79 Å². The number of hydrogen-bond acceptors (Lipinski definition) is 6. The standard InChI is InChI=1S/C39H42N4O5/c1-26-35(24-42-21-19-32(20-22-42)43-34-10-6-5-9-33(34)41-39(43)46)47-38(48-36(26)29-15-13-28(25-44)14-16-29)31-17-11-27(12-18-31)23-40-37(45)30-7-3-2-4-8-30/h2-18,26,32,35-36,38,44H,19-25H2,1H3,(H,40,45)(H,41,46)/t26-,35+,36+,38+/m0/s1. The van der Waals surface area contributed by atoms with Gasteiger partial charge in [0.15, 0.2) is 6.29 Å². The average molecular weight is 647 g/mol. The number of nitrogens with zero attached hydrogens (tertiary/aromatic N) is 2. The van der Waals surface area contributed by atoms with Crippen LogP contribution < -0.4 is 11.0 Å². The second kappa shape index (κ2) is 14.3. The molecule has 0 spiro atoms. The van der Waals surface area contributed by atoms with Gasteiger partial charge >= 0.3 is 5.69 Å². The SMILES string of the molecule is C[C@H]1[C@@H](CN2CCC(n3c(=O)[nH]c4ccccc43)CC2)O[C@@H](c2ccc(CNC(=O)c3ccccc3)cc2)O[C@H]1c1ccc(CO)cc1. The number of likely N-dealkylation sites (tertiary alicyclic amines) is 1. The van der Waals surface area contributed by atoms with Gasteiger partial charge in [-0.15, -0.1) is 0 Å². The molecule has 1 amide bonds. The summed E-state index contributed by atoms with van der Waals surface area (Å²) < 4.78 is 15.3. The summed E-state index contributed by atoms with van der Waals surface area (Å²) in [5.74, 6) is -0.0364. The van der Waals surface area contributed by atoms with Crippen molar-refractivity contribution in [1.29, 1.82) is 0 Å². The third kappa shape index (κ3) is 6.86. The number of carbonyl (C=O) groups is 1. The number of benzene rings is 4. The van der Waals surface area contributed by atoms with Crippen LogP contribution in [0.15, 0.2) is 108 Å². The Balaban J connectivity index is 1.05. The molecule has 0 bridgehead atoms. The molecule has 7 rings (SSSR count). The van der Waals surface area contributed by atoms with Crippen molar-refractivity contribution in [3.8, 4) is 0 Å². The molecule has 5 aromatic rings. The number of fused-ring (bicyclic) bond motifs is 1. The highest BCUT2D eigenvalue weighted by molar-refractivity contribution is 5.94. The van der Waals surface area contributed by atoms with Crippen LogP contribution in [0.2, 0.25) is 0 Å². The van der Waals surface area contributed by atoms with Gasteiger partial charge in [-0.1, -0.05) is 85.8 Å². The molecule has 3 N–H and O–H groups in total. The number of amides is 1. The second-order valence-corrected chi connectivity index (χ2v) is 13.0. The molecule has 0 radical (unpaired) electrons. The van der Waals surface area contributed by atoms with E-state index in [-0.39, 0.29) is 42.4 Å². The summed E-state index contributed by atoms with van der Waals surface area (Å²) >= 11 is 0. The Morgan fingerprint density at radius 1 is 0.854 bits per heavy atom. The maximum Gasteiger partial charge on any atom is 0.326 e. The van der Waals surface area contributed by atoms with Crippen molar-refractivity contribution < 1.29 is 19.4 Å². The number of H-pyrrole nitrogens is 1. The number of ether oxygens (including phenoxy) is 2. The Morgan fingerprint density at radius 3 is 2.25 bits per heavy atom. The lowest BCUT2D eigenvalue weighted by Crippen LogP contribution is -2.47. The number of carbonyl (C=O) groups excluding carboxylic acids is 1. The van der Waals surface area contributed by atoms with Crippen molar-refractivity contribution in [1.82, 2.24) is 19.8 Å². The summed E-state index contributed by atoms with van der Waals surface area (Å²) in [7, 11) is 0. The normalized spacial score (nSPS) is 22.1. The molecule has 2 aliphatic rings. The fraction of sp³-hybridized carbons (Fsp3) is 0.333. The van der Waals surface area contributed by atoms with E-state index in [1.54, 1.807) is 12.1 Å². The van der Waals surface area contributed by atoms with E-state index in [1.165, 1.54) is 0 Å². The predicted octanol–water partition coefficient (Wildman–Crippen LogP) is 5.88. The molecule has 2 saturated heterocycles. The molecule has 1 aromatic heterocycles.